The van der Waals surface area contributed by atoms with E-state index < -0.39 is 6.04 Å². The lowest BCUT2D eigenvalue weighted by Gasteiger charge is -2.31. The Hall–Kier alpha value is -1.55. The number of para-hydroxylation sites is 1. The van der Waals surface area contributed by atoms with E-state index >= 15 is 0 Å². The normalized spacial score (nSPS) is 12.0. The smallest absolute Gasteiger partial charge is 0.329 e. The topological polar surface area (TPSA) is 55.6 Å². The van der Waals surface area contributed by atoms with Gasteiger partial charge in [0.05, 0.1) is 7.11 Å². The van der Waals surface area contributed by atoms with Crippen molar-refractivity contribution < 1.29 is 9.53 Å². The number of ether oxygens (including phenoxy) is 1. The van der Waals surface area contributed by atoms with Crippen LogP contribution in [0.3, 0.4) is 0 Å². The minimum Gasteiger partial charge on any atom is -0.467 e. The molecule has 1 rings (SSSR count). The summed E-state index contributed by atoms with van der Waals surface area (Å²) in [5.74, 6) is -0.294. The molecule has 0 heterocycles. The van der Waals surface area contributed by atoms with E-state index in [1.165, 1.54) is 7.11 Å². The average molecular weight is 236 g/mol. The van der Waals surface area contributed by atoms with Crippen LogP contribution in [-0.4, -0.2) is 32.2 Å². The van der Waals surface area contributed by atoms with Crippen LogP contribution in [0.2, 0.25) is 0 Å². The first kappa shape index (κ1) is 13.5. The van der Waals surface area contributed by atoms with Crippen LogP contribution < -0.4 is 10.6 Å². The first-order chi connectivity index (χ1) is 8.15. The number of carbonyl (C=O) groups excluding carboxylic acids is 1. The highest BCUT2D eigenvalue weighted by atomic mass is 16.5. The van der Waals surface area contributed by atoms with Crippen LogP contribution in [-0.2, 0) is 9.53 Å². The van der Waals surface area contributed by atoms with Crippen molar-refractivity contribution in [3.63, 3.8) is 0 Å². The lowest BCUT2D eigenvalue weighted by Crippen LogP contribution is -2.47. The Bertz CT molecular complexity index is 379. The Morgan fingerprint density at radius 3 is 2.59 bits per heavy atom. The Balaban J connectivity index is 3.05. The third kappa shape index (κ3) is 2.97. The summed E-state index contributed by atoms with van der Waals surface area (Å²) in [6.45, 7) is 4.97. The summed E-state index contributed by atoms with van der Waals surface area (Å²) < 4.78 is 4.79. The lowest BCUT2D eigenvalue weighted by molar-refractivity contribution is -0.142. The maximum atomic E-state index is 11.7. The van der Waals surface area contributed by atoms with Gasteiger partial charge in [-0.2, -0.15) is 0 Å². The van der Waals surface area contributed by atoms with Crippen molar-refractivity contribution in [1.82, 2.24) is 0 Å². The number of aryl methyl sites for hydroxylation is 1. The molecule has 4 heteroatoms. The van der Waals surface area contributed by atoms with Crippen LogP contribution in [0.1, 0.15) is 12.5 Å². The Morgan fingerprint density at radius 2 is 2.12 bits per heavy atom. The van der Waals surface area contributed by atoms with Gasteiger partial charge in [0.1, 0.15) is 6.04 Å². The maximum absolute atomic E-state index is 11.7. The van der Waals surface area contributed by atoms with Crippen LogP contribution in [0.4, 0.5) is 5.69 Å². The molecule has 2 N–H and O–H groups in total. The van der Waals surface area contributed by atoms with E-state index in [9.17, 15) is 4.79 Å². The summed E-state index contributed by atoms with van der Waals surface area (Å²) in [7, 11) is 1.39. The average Bonchev–Trinajstić information content (AvgIpc) is 2.36. The molecule has 0 aliphatic carbocycles. The van der Waals surface area contributed by atoms with E-state index in [-0.39, 0.29) is 12.5 Å². The molecular formula is C13H20N2O2. The summed E-state index contributed by atoms with van der Waals surface area (Å²) in [5.41, 5.74) is 7.82. The molecule has 0 aliphatic rings. The molecule has 0 saturated carbocycles. The van der Waals surface area contributed by atoms with Crippen molar-refractivity contribution in [1.29, 1.82) is 0 Å². The second-order valence-corrected chi connectivity index (χ2v) is 3.85. The zero-order chi connectivity index (χ0) is 12.8. The number of methoxy groups -OCH3 is 1. The second kappa shape index (κ2) is 6.25. The minimum atomic E-state index is -0.425. The molecule has 0 bridgehead atoms. The summed E-state index contributed by atoms with van der Waals surface area (Å²) in [6.07, 6.45) is 0. The van der Waals surface area contributed by atoms with Gasteiger partial charge in [-0.15, -0.1) is 0 Å². The first-order valence-corrected chi connectivity index (χ1v) is 5.75. The van der Waals surface area contributed by atoms with Gasteiger partial charge in [-0.25, -0.2) is 4.79 Å². The maximum Gasteiger partial charge on any atom is 0.329 e. The number of rotatable bonds is 5. The first-order valence-electron chi connectivity index (χ1n) is 5.75. The van der Waals surface area contributed by atoms with E-state index in [4.69, 9.17) is 10.5 Å². The zero-order valence-corrected chi connectivity index (χ0v) is 10.6. The summed E-state index contributed by atoms with van der Waals surface area (Å²) >= 11 is 0. The van der Waals surface area contributed by atoms with Crippen LogP contribution in [0.25, 0.3) is 0 Å². The number of likely N-dealkylation sites (N-methyl/N-ethyl adjacent to an activating group) is 1. The molecule has 0 radical (unpaired) electrons. The number of hydrogen-bond donors (Lipinski definition) is 1. The number of nitrogens with two attached hydrogens (primary N) is 1. The van der Waals surface area contributed by atoms with Gasteiger partial charge in [0.25, 0.3) is 0 Å². The quantitative estimate of drug-likeness (QED) is 0.783. The fourth-order valence-electron chi connectivity index (χ4n) is 1.93. The number of benzene rings is 1. The molecule has 17 heavy (non-hydrogen) atoms. The van der Waals surface area contributed by atoms with E-state index in [1.54, 1.807) is 0 Å². The molecule has 0 aromatic heterocycles. The van der Waals surface area contributed by atoms with Gasteiger partial charge in [0.2, 0.25) is 0 Å². The predicted octanol–water partition coefficient (Wildman–Crippen LogP) is 1.32. The highest BCUT2D eigenvalue weighted by molar-refractivity contribution is 5.80. The largest absolute Gasteiger partial charge is 0.467 e. The summed E-state index contributed by atoms with van der Waals surface area (Å²) in [6, 6.07) is 7.51. The Labute approximate surface area is 102 Å². The van der Waals surface area contributed by atoms with E-state index in [1.807, 2.05) is 43.0 Å². The van der Waals surface area contributed by atoms with Crippen molar-refractivity contribution in [2.45, 2.75) is 19.9 Å². The molecule has 0 aliphatic heterocycles. The number of esters is 1. The number of hydrogen-bond acceptors (Lipinski definition) is 4. The second-order valence-electron chi connectivity index (χ2n) is 3.85. The van der Waals surface area contributed by atoms with Gasteiger partial charge in [-0.3, -0.25) is 0 Å². The summed E-state index contributed by atoms with van der Waals surface area (Å²) in [5, 5.41) is 0. The van der Waals surface area contributed by atoms with E-state index in [0.29, 0.717) is 6.54 Å². The molecule has 1 aromatic rings. The number of nitrogens with zero attached hydrogens (tertiary/aromatic N) is 1. The molecular weight excluding hydrogens is 216 g/mol. The lowest BCUT2D eigenvalue weighted by atomic mass is 10.1. The number of carbonyl (C=O) groups is 1. The molecule has 0 fully saturated rings. The van der Waals surface area contributed by atoms with Crippen LogP contribution in [0, 0.1) is 6.92 Å². The molecule has 0 saturated heterocycles. The third-order valence-electron chi connectivity index (χ3n) is 2.84. The SMILES string of the molecule is CCN(c1ccccc1C)C(CN)C(=O)OC. The monoisotopic (exact) mass is 236 g/mol. The van der Waals surface area contributed by atoms with E-state index in [2.05, 4.69) is 0 Å². The predicted molar refractivity (Wildman–Crippen MR) is 69.1 cm³/mol. The molecule has 1 aromatic carbocycles. The molecule has 0 amide bonds. The van der Waals surface area contributed by atoms with Crippen molar-refractivity contribution in [3.8, 4) is 0 Å². The van der Waals surface area contributed by atoms with Gasteiger partial charge in [0.15, 0.2) is 0 Å². The molecule has 94 valence electrons. The molecule has 4 nitrogen and oxygen atoms in total. The van der Waals surface area contributed by atoms with Crippen molar-refractivity contribution in [2.24, 2.45) is 5.73 Å². The molecule has 1 atom stereocenters. The fraction of sp³-hybridized carbons (Fsp3) is 0.462. The van der Waals surface area contributed by atoms with Crippen LogP contribution in [0.15, 0.2) is 24.3 Å². The van der Waals surface area contributed by atoms with Gasteiger partial charge in [0, 0.05) is 18.8 Å². The Morgan fingerprint density at radius 1 is 1.47 bits per heavy atom. The third-order valence-corrected chi connectivity index (χ3v) is 2.84. The fourth-order valence-corrected chi connectivity index (χ4v) is 1.93. The number of anilines is 1. The van der Waals surface area contributed by atoms with Gasteiger partial charge in [-0.05, 0) is 25.5 Å². The van der Waals surface area contributed by atoms with Crippen LogP contribution in [0.5, 0.6) is 0 Å². The highest BCUT2D eigenvalue weighted by Gasteiger charge is 2.25. The van der Waals surface area contributed by atoms with Crippen molar-refractivity contribution >= 4 is 11.7 Å². The van der Waals surface area contributed by atoms with Gasteiger partial charge in [-0.1, -0.05) is 18.2 Å². The summed E-state index contributed by atoms with van der Waals surface area (Å²) in [4.78, 5) is 13.7. The van der Waals surface area contributed by atoms with Crippen molar-refractivity contribution in [2.75, 3.05) is 25.1 Å². The van der Waals surface area contributed by atoms with Crippen LogP contribution >= 0.6 is 0 Å². The highest BCUT2D eigenvalue weighted by Crippen LogP contribution is 2.21. The van der Waals surface area contributed by atoms with Gasteiger partial charge >= 0.3 is 5.97 Å². The van der Waals surface area contributed by atoms with Gasteiger partial charge < -0.3 is 15.4 Å². The Kier molecular flexibility index (Phi) is 4.97. The zero-order valence-electron chi connectivity index (χ0n) is 10.6. The minimum absolute atomic E-state index is 0.245. The van der Waals surface area contributed by atoms with Crippen molar-refractivity contribution in [3.05, 3.63) is 29.8 Å². The standard InChI is InChI=1S/C13H20N2O2/c1-4-15(12(9-14)13(16)17-3)11-8-6-5-7-10(11)2/h5-8,12H,4,9,14H2,1-3H3. The molecule has 1 unspecified atom stereocenters. The molecule has 0 spiro atoms. The van der Waals surface area contributed by atoms with E-state index in [0.717, 1.165) is 11.3 Å².